The number of thiocarbonyl (C=S) groups is 1. The zero-order valence-electron chi connectivity index (χ0n) is 9.28. The molecule has 0 amide bonds. The van der Waals surface area contributed by atoms with E-state index in [4.69, 9.17) is 17.3 Å². The average molecular weight is 306 g/mol. The van der Waals surface area contributed by atoms with Crippen molar-refractivity contribution < 1.29 is 13.2 Å². The molecule has 100 valence electrons. The average Bonchev–Trinajstić information content (AvgIpc) is 2.74. The highest BCUT2D eigenvalue weighted by Gasteiger charge is 2.34. The van der Waals surface area contributed by atoms with Gasteiger partial charge in [0, 0.05) is 11.8 Å². The summed E-state index contributed by atoms with van der Waals surface area (Å²) in [5.41, 5.74) is 4.40. The third kappa shape index (κ3) is 2.87. The Morgan fingerprint density at radius 1 is 1.37 bits per heavy atom. The monoisotopic (exact) mass is 305 g/mol. The van der Waals surface area contributed by atoms with Crippen LogP contribution in [0.15, 0.2) is 30.6 Å². The van der Waals surface area contributed by atoms with Gasteiger partial charge in [0.1, 0.15) is 4.99 Å². The largest absolute Gasteiger partial charge is 0.417 e. The molecule has 3 nitrogen and oxygen atoms in total. The zero-order valence-corrected chi connectivity index (χ0v) is 10.9. The van der Waals surface area contributed by atoms with E-state index < -0.39 is 11.7 Å². The predicted octanol–water partition coefficient (Wildman–Crippen LogP) is 3.18. The van der Waals surface area contributed by atoms with Gasteiger partial charge in [0.15, 0.2) is 0 Å². The van der Waals surface area contributed by atoms with Gasteiger partial charge in [-0.05, 0) is 18.2 Å². The van der Waals surface area contributed by atoms with E-state index in [1.165, 1.54) is 29.2 Å². The Morgan fingerprint density at radius 2 is 2.05 bits per heavy atom. The van der Waals surface area contributed by atoms with E-state index in [2.05, 4.69) is 17.3 Å². The van der Waals surface area contributed by atoms with Crippen molar-refractivity contribution in [2.45, 2.75) is 6.18 Å². The van der Waals surface area contributed by atoms with Gasteiger partial charge in [-0.25, -0.2) is 4.68 Å². The Labute approximate surface area is 116 Å². The van der Waals surface area contributed by atoms with Crippen LogP contribution in [-0.2, 0) is 6.18 Å². The van der Waals surface area contributed by atoms with Gasteiger partial charge >= 0.3 is 6.18 Å². The normalized spacial score (nSPS) is 11.6. The lowest BCUT2D eigenvalue weighted by Gasteiger charge is -2.13. The van der Waals surface area contributed by atoms with Crippen LogP contribution in [0.5, 0.6) is 0 Å². The highest BCUT2D eigenvalue weighted by molar-refractivity contribution is 7.80. The molecule has 0 saturated heterocycles. The molecule has 0 radical (unpaired) electrons. The summed E-state index contributed by atoms with van der Waals surface area (Å²) in [5, 5.41) is 4.16. The maximum absolute atomic E-state index is 12.9. The topological polar surface area (TPSA) is 43.8 Å². The minimum atomic E-state index is -4.55. The summed E-state index contributed by atoms with van der Waals surface area (Å²) in [6.45, 7) is 0. The Bertz CT molecular complexity index is 636. The lowest BCUT2D eigenvalue weighted by Crippen LogP contribution is -2.18. The van der Waals surface area contributed by atoms with Crippen LogP contribution in [0.2, 0.25) is 5.02 Å². The summed E-state index contributed by atoms with van der Waals surface area (Å²) in [7, 11) is 0. The first kappa shape index (κ1) is 13.8. The fourth-order valence-corrected chi connectivity index (χ4v) is 1.88. The molecule has 2 N–H and O–H groups in total. The summed E-state index contributed by atoms with van der Waals surface area (Å²) in [4.78, 5) is -0.308. The Kier molecular flexibility index (Phi) is 3.51. The van der Waals surface area contributed by atoms with Crippen LogP contribution >= 0.6 is 23.8 Å². The highest BCUT2D eigenvalue weighted by Crippen LogP contribution is 2.33. The van der Waals surface area contributed by atoms with Gasteiger partial charge in [-0.3, -0.25) is 0 Å². The van der Waals surface area contributed by atoms with E-state index in [9.17, 15) is 13.2 Å². The molecule has 0 fully saturated rings. The zero-order chi connectivity index (χ0) is 14.2. The molecule has 0 aliphatic carbocycles. The number of benzene rings is 1. The smallest absolute Gasteiger partial charge is 0.389 e. The van der Waals surface area contributed by atoms with Crippen LogP contribution in [0.4, 0.5) is 13.2 Å². The number of aromatic nitrogens is 2. The first-order valence-electron chi connectivity index (χ1n) is 5.00. The van der Waals surface area contributed by atoms with Crippen LogP contribution in [0.25, 0.3) is 5.69 Å². The first-order chi connectivity index (χ1) is 8.79. The number of nitrogens with two attached hydrogens (primary N) is 1. The molecule has 0 aliphatic heterocycles. The van der Waals surface area contributed by atoms with Crippen molar-refractivity contribution in [2.24, 2.45) is 5.73 Å². The lowest BCUT2D eigenvalue weighted by molar-refractivity contribution is -0.137. The molecule has 0 bridgehead atoms. The van der Waals surface area contributed by atoms with Crippen LogP contribution in [0.3, 0.4) is 0 Å². The molecule has 0 unspecified atom stereocenters. The van der Waals surface area contributed by atoms with Crippen molar-refractivity contribution in [1.29, 1.82) is 0 Å². The maximum atomic E-state index is 12.9. The number of hydrogen-bond donors (Lipinski definition) is 1. The predicted molar refractivity (Wildman–Crippen MR) is 69.5 cm³/mol. The van der Waals surface area contributed by atoms with Crippen molar-refractivity contribution >= 4 is 28.8 Å². The molecule has 19 heavy (non-hydrogen) atoms. The molecule has 2 aromatic rings. The van der Waals surface area contributed by atoms with Crippen molar-refractivity contribution in [3.05, 3.63) is 46.7 Å². The third-order valence-corrected chi connectivity index (χ3v) is 2.80. The standard InChI is InChI=1S/C11H7ClF3N3S/c12-6-4-17-18(5-6)7-1-2-8(10(16)19)9(3-7)11(13,14)15/h1-5H,(H2,16,19). The Morgan fingerprint density at radius 3 is 2.53 bits per heavy atom. The Hall–Kier alpha value is -1.60. The van der Waals surface area contributed by atoms with Gasteiger partial charge in [-0.2, -0.15) is 18.3 Å². The molecule has 0 atom stereocenters. The van der Waals surface area contributed by atoms with E-state index in [1.807, 2.05) is 0 Å². The Balaban J connectivity index is 2.59. The minimum Gasteiger partial charge on any atom is -0.389 e. The lowest BCUT2D eigenvalue weighted by atomic mass is 10.1. The second-order valence-electron chi connectivity index (χ2n) is 3.70. The quantitative estimate of drug-likeness (QED) is 0.867. The summed E-state index contributed by atoms with van der Waals surface area (Å²) in [6, 6.07) is 3.58. The minimum absolute atomic E-state index is 0.218. The molecule has 0 aliphatic rings. The second-order valence-corrected chi connectivity index (χ2v) is 4.57. The van der Waals surface area contributed by atoms with E-state index >= 15 is 0 Å². The van der Waals surface area contributed by atoms with Gasteiger partial charge in [0.05, 0.1) is 22.5 Å². The molecule has 2 rings (SSSR count). The van der Waals surface area contributed by atoms with Gasteiger partial charge in [-0.1, -0.05) is 23.8 Å². The van der Waals surface area contributed by atoms with Crippen LogP contribution in [0.1, 0.15) is 11.1 Å². The van der Waals surface area contributed by atoms with Crippen molar-refractivity contribution in [3.8, 4) is 5.69 Å². The maximum Gasteiger partial charge on any atom is 0.417 e. The van der Waals surface area contributed by atoms with Crippen LogP contribution in [0, 0.1) is 0 Å². The van der Waals surface area contributed by atoms with Gasteiger partial charge in [0.25, 0.3) is 0 Å². The van der Waals surface area contributed by atoms with Crippen molar-refractivity contribution in [2.75, 3.05) is 0 Å². The molecule has 1 aromatic carbocycles. The van der Waals surface area contributed by atoms with Crippen LogP contribution < -0.4 is 5.73 Å². The van der Waals surface area contributed by atoms with Crippen molar-refractivity contribution in [1.82, 2.24) is 9.78 Å². The third-order valence-electron chi connectivity index (χ3n) is 2.39. The molecule has 0 saturated carbocycles. The summed E-state index contributed by atoms with van der Waals surface area (Å²) in [5.74, 6) is 0. The number of alkyl halides is 3. The molecule has 8 heteroatoms. The molecule has 0 spiro atoms. The first-order valence-corrected chi connectivity index (χ1v) is 5.79. The number of nitrogens with zero attached hydrogens (tertiary/aromatic N) is 2. The van der Waals surface area contributed by atoms with Gasteiger partial charge in [-0.15, -0.1) is 0 Å². The van der Waals surface area contributed by atoms with Gasteiger partial charge < -0.3 is 5.73 Å². The van der Waals surface area contributed by atoms with Crippen LogP contribution in [-0.4, -0.2) is 14.8 Å². The van der Waals surface area contributed by atoms with E-state index in [1.54, 1.807) is 0 Å². The van der Waals surface area contributed by atoms with Gasteiger partial charge in [0.2, 0.25) is 0 Å². The SMILES string of the molecule is NC(=S)c1ccc(-n2cc(Cl)cn2)cc1C(F)(F)F. The number of rotatable bonds is 2. The fourth-order valence-electron chi connectivity index (χ4n) is 1.57. The summed E-state index contributed by atoms with van der Waals surface area (Å²) in [6.07, 6.45) is -1.82. The number of halogens is 4. The molecule has 1 aromatic heterocycles. The molecule has 1 heterocycles. The number of hydrogen-bond acceptors (Lipinski definition) is 2. The summed E-state index contributed by atoms with van der Waals surface area (Å²) >= 11 is 10.3. The second kappa shape index (κ2) is 4.82. The van der Waals surface area contributed by atoms with Crippen molar-refractivity contribution in [3.63, 3.8) is 0 Å². The van der Waals surface area contributed by atoms with E-state index in [0.29, 0.717) is 5.02 Å². The summed E-state index contributed by atoms with van der Waals surface area (Å²) < 4.78 is 40.1. The molecular formula is C11H7ClF3N3S. The highest BCUT2D eigenvalue weighted by atomic mass is 35.5. The molecular weight excluding hydrogens is 299 g/mol. The van der Waals surface area contributed by atoms with E-state index in [0.717, 1.165) is 6.07 Å². The van der Waals surface area contributed by atoms with E-state index in [-0.39, 0.29) is 16.2 Å². The fraction of sp³-hybridized carbons (Fsp3) is 0.0909.